The molecule has 0 saturated heterocycles. The maximum absolute atomic E-state index is 13.4. The summed E-state index contributed by atoms with van der Waals surface area (Å²) in [5, 5.41) is 3.51. The average Bonchev–Trinajstić information content (AvgIpc) is 2.75. The minimum atomic E-state index is -0.382. The molecule has 0 spiro atoms. The lowest BCUT2D eigenvalue weighted by molar-refractivity contribution is 0.0664. The van der Waals surface area contributed by atoms with Gasteiger partial charge >= 0.3 is 0 Å². The number of anilines is 1. The standard InChI is InChI=1S/C23H22N2O3/c1-27-20-14-8-12-18(21(20)28-2)22-24-19-13-7-6-11-17(19)23(26)25(22)15-16-9-4-3-5-10-16/h3-14,22,24H,15H2,1-2H3/t22-/m0/s1. The molecule has 5 nitrogen and oxygen atoms in total. The van der Waals surface area contributed by atoms with Crippen LogP contribution in [0.25, 0.3) is 0 Å². The zero-order valence-electron chi connectivity index (χ0n) is 15.9. The fourth-order valence-electron chi connectivity index (χ4n) is 3.61. The van der Waals surface area contributed by atoms with E-state index in [0.29, 0.717) is 23.6 Å². The largest absolute Gasteiger partial charge is 0.493 e. The highest BCUT2D eigenvalue weighted by atomic mass is 16.5. The Labute approximate surface area is 164 Å². The van der Waals surface area contributed by atoms with E-state index in [0.717, 1.165) is 16.8 Å². The summed E-state index contributed by atoms with van der Waals surface area (Å²) in [5.41, 5.74) is 3.38. The number of para-hydroxylation sites is 2. The fourth-order valence-corrected chi connectivity index (χ4v) is 3.61. The molecule has 142 valence electrons. The summed E-state index contributed by atoms with van der Waals surface area (Å²) in [5.74, 6) is 1.23. The molecule has 1 atom stereocenters. The number of methoxy groups -OCH3 is 2. The quantitative estimate of drug-likeness (QED) is 0.716. The lowest BCUT2D eigenvalue weighted by Crippen LogP contribution is -2.42. The second-order valence-electron chi connectivity index (χ2n) is 6.59. The van der Waals surface area contributed by atoms with Gasteiger partial charge in [-0.25, -0.2) is 0 Å². The van der Waals surface area contributed by atoms with Crippen molar-refractivity contribution in [3.05, 3.63) is 89.5 Å². The number of ether oxygens (including phenoxy) is 2. The molecule has 1 amide bonds. The van der Waals surface area contributed by atoms with Gasteiger partial charge in [0, 0.05) is 17.8 Å². The topological polar surface area (TPSA) is 50.8 Å². The molecule has 3 aromatic rings. The van der Waals surface area contributed by atoms with Crippen LogP contribution in [0.5, 0.6) is 11.5 Å². The van der Waals surface area contributed by atoms with Crippen molar-refractivity contribution in [3.63, 3.8) is 0 Å². The maximum atomic E-state index is 13.4. The lowest BCUT2D eigenvalue weighted by Gasteiger charge is -2.38. The van der Waals surface area contributed by atoms with Gasteiger partial charge < -0.3 is 19.7 Å². The Morgan fingerprint density at radius 3 is 2.39 bits per heavy atom. The molecule has 1 N–H and O–H groups in total. The monoisotopic (exact) mass is 374 g/mol. The Kier molecular flexibility index (Phi) is 4.89. The van der Waals surface area contributed by atoms with Gasteiger partial charge in [-0.15, -0.1) is 0 Å². The summed E-state index contributed by atoms with van der Waals surface area (Å²) >= 11 is 0. The molecule has 0 saturated carbocycles. The summed E-state index contributed by atoms with van der Waals surface area (Å²) in [6.07, 6.45) is -0.382. The number of carbonyl (C=O) groups is 1. The van der Waals surface area contributed by atoms with Gasteiger partial charge in [-0.2, -0.15) is 0 Å². The third-order valence-corrected chi connectivity index (χ3v) is 4.95. The van der Waals surface area contributed by atoms with Gasteiger partial charge in [0.2, 0.25) is 0 Å². The van der Waals surface area contributed by atoms with Gasteiger partial charge in [0.15, 0.2) is 11.5 Å². The van der Waals surface area contributed by atoms with Gasteiger partial charge in [0.05, 0.1) is 19.8 Å². The van der Waals surface area contributed by atoms with Crippen LogP contribution in [0.15, 0.2) is 72.8 Å². The van der Waals surface area contributed by atoms with Gasteiger partial charge in [0.1, 0.15) is 6.17 Å². The molecule has 0 radical (unpaired) electrons. The summed E-state index contributed by atoms with van der Waals surface area (Å²) in [4.78, 5) is 15.2. The first-order valence-corrected chi connectivity index (χ1v) is 9.14. The van der Waals surface area contributed by atoms with Gasteiger partial charge in [0.25, 0.3) is 5.91 Å². The maximum Gasteiger partial charge on any atom is 0.258 e. The van der Waals surface area contributed by atoms with Crippen molar-refractivity contribution in [1.82, 2.24) is 4.90 Å². The molecule has 28 heavy (non-hydrogen) atoms. The highest BCUT2D eigenvalue weighted by Crippen LogP contribution is 2.41. The number of fused-ring (bicyclic) bond motifs is 1. The number of rotatable bonds is 5. The first-order chi connectivity index (χ1) is 13.7. The van der Waals surface area contributed by atoms with Crippen LogP contribution in [0, 0.1) is 0 Å². The minimum Gasteiger partial charge on any atom is -0.493 e. The average molecular weight is 374 g/mol. The summed E-state index contributed by atoms with van der Waals surface area (Å²) in [6, 6.07) is 23.3. The third-order valence-electron chi connectivity index (χ3n) is 4.95. The molecule has 3 aromatic carbocycles. The van der Waals surface area contributed by atoms with Crippen molar-refractivity contribution in [2.45, 2.75) is 12.7 Å². The van der Waals surface area contributed by atoms with Crippen molar-refractivity contribution in [3.8, 4) is 11.5 Å². The molecule has 0 aromatic heterocycles. The van der Waals surface area contributed by atoms with E-state index in [2.05, 4.69) is 5.32 Å². The normalized spacial score (nSPS) is 15.6. The van der Waals surface area contributed by atoms with E-state index in [9.17, 15) is 4.79 Å². The van der Waals surface area contributed by atoms with Crippen LogP contribution in [0.2, 0.25) is 0 Å². The van der Waals surface area contributed by atoms with E-state index < -0.39 is 0 Å². The van der Waals surface area contributed by atoms with Gasteiger partial charge in [-0.05, 0) is 23.8 Å². The van der Waals surface area contributed by atoms with Crippen molar-refractivity contribution in [1.29, 1.82) is 0 Å². The van der Waals surface area contributed by atoms with Crippen LogP contribution < -0.4 is 14.8 Å². The number of benzene rings is 3. The zero-order chi connectivity index (χ0) is 19.5. The molecule has 1 heterocycles. The van der Waals surface area contributed by atoms with E-state index in [1.165, 1.54) is 0 Å². The van der Waals surface area contributed by atoms with Crippen LogP contribution in [-0.4, -0.2) is 25.0 Å². The van der Waals surface area contributed by atoms with Crippen LogP contribution in [0.1, 0.15) is 27.7 Å². The predicted molar refractivity (Wildman–Crippen MR) is 109 cm³/mol. The number of hydrogen-bond acceptors (Lipinski definition) is 4. The number of nitrogens with one attached hydrogen (secondary N) is 1. The second-order valence-corrected chi connectivity index (χ2v) is 6.59. The Morgan fingerprint density at radius 2 is 1.64 bits per heavy atom. The summed E-state index contributed by atoms with van der Waals surface area (Å²) in [7, 11) is 3.22. The molecule has 4 rings (SSSR count). The molecule has 0 aliphatic carbocycles. The van der Waals surface area contributed by atoms with E-state index in [1.54, 1.807) is 14.2 Å². The second kappa shape index (κ2) is 7.64. The van der Waals surface area contributed by atoms with Crippen molar-refractivity contribution >= 4 is 11.6 Å². The first kappa shape index (κ1) is 17.9. The number of amides is 1. The van der Waals surface area contributed by atoms with E-state index in [-0.39, 0.29) is 12.1 Å². The molecular formula is C23H22N2O3. The molecular weight excluding hydrogens is 352 g/mol. The van der Waals surface area contributed by atoms with E-state index in [1.807, 2.05) is 77.7 Å². The van der Waals surface area contributed by atoms with Crippen molar-refractivity contribution < 1.29 is 14.3 Å². The minimum absolute atomic E-state index is 0.0203. The van der Waals surface area contributed by atoms with Gasteiger partial charge in [-0.1, -0.05) is 54.6 Å². The summed E-state index contributed by atoms with van der Waals surface area (Å²) in [6.45, 7) is 0.478. The smallest absolute Gasteiger partial charge is 0.258 e. The first-order valence-electron chi connectivity index (χ1n) is 9.14. The molecule has 0 unspecified atom stereocenters. The van der Waals surface area contributed by atoms with Crippen LogP contribution in [-0.2, 0) is 6.54 Å². The SMILES string of the molecule is COc1cccc([C@H]2Nc3ccccc3C(=O)N2Cc2ccccc2)c1OC. The molecule has 0 fully saturated rings. The van der Waals surface area contributed by atoms with Crippen molar-refractivity contribution in [2.75, 3.05) is 19.5 Å². The van der Waals surface area contributed by atoms with Crippen LogP contribution >= 0.6 is 0 Å². The number of nitrogens with zero attached hydrogens (tertiary/aromatic N) is 1. The van der Waals surface area contributed by atoms with Crippen LogP contribution in [0.4, 0.5) is 5.69 Å². The Balaban J connectivity index is 1.82. The lowest BCUT2D eigenvalue weighted by atomic mass is 10.0. The number of carbonyl (C=O) groups excluding carboxylic acids is 1. The Morgan fingerprint density at radius 1 is 0.893 bits per heavy atom. The molecule has 5 heteroatoms. The van der Waals surface area contributed by atoms with E-state index >= 15 is 0 Å². The predicted octanol–water partition coefficient (Wildman–Crippen LogP) is 4.47. The molecule has 1 aliphatic rings. The highest BCUT2D eigenvalue weighted by Gasteiger charge is 2.35. The van der Waals surface area contributed by atoms with E-state index in [4.69, 9.17) is 9.47 Å². The zero-order valence-corrected chi connectivity index (χ0v) is 15.9. The Bertz CT molecular complexity index is 988. The fraction of sp³-hybridized carbons (Fsp3) is 0.174. The highest BCUT2D eigenvalue weighted by molar-refractivity contribution is 6.01. The molecule has 1 aliphatic heterocycles. The van der Waals surface area contributed by atoms with Crippen molar-refractivity contribution in [2.24, 2.45) is 0 Å². The van der Waals surface area contributed by atoms with Gasteiger partial charge in [-0.3, -0.25) is 4.79 Å². The number of hydrogen-bond donors (Lipinski definition) is 1. The van der Waals surface area contributed by atoms with Crippen LogP contribution in [0.3, 0.4) is 0 Å². The summed E-state index contributed by atoms with van der Waals surface area (Å²) < 4.78 is 11.1. The Hall–Kier alpha value is -3.47. The third kappa shape index (κ3) is 3.16. The molecule has 0 bridgehead atoms.